The van der Waals surface area contributed by atoms with E-state index in [1.807, 2.05) is 32.9 Å². The Morgan fingerprint density at radius 1 is 1.18 bits per heavy atom. The lowest BCUT2D eigenvalue weighted by molar-refractivity contribution is 0.0906. The Labute approximate surface area is 181 Å². The van der Waals surface area contributed by atoms with E-state index < -0.39 is 6.09 Å². The molecule has 0 aliphatic rings. The molecule has 0 heterocycles. The average Bonchev–Trinajstić information content (AvgIpc) is 2.64. The molecule has 6 nitrogen and oxygen atoms in total. The van der Waals surface area contributed by atoms with Crippen molar-refractivity contribution < 1.29 is 19.0 Å². The summed E-state index contributed by atoms with van der Waals surface area (Å²) >= 11 is 0. The average molecular weight is 435 g/mol. The third-order valence-corrected chi connectivity index (χ3v) is 5.81. The number of carbonyl (C=O) groups excluding carboxylic acids is 1. The van der Waals surface area contributed by atoms with Crippen LogP contribution in [0.25, 0.3) is 0 Å². The molecule has 0 saturated heterocycles. The van der Waals surface area contributed by atoms with Gasteiger partial charge < -0.3 is 24.8 Å². The molecule has 28 heavy (non-hydrogen) atoms. The number of hydrogen-bond donors (Lipinski definition) is 2. The summed E-state index contributed by atoms with van der Waals surface area (Å²) in [5, 5.41) is 5.80. The Morgan fingerprint density at radius 2 is 1.89 bits per heavy atom. The summed E-state index contributed by atoms with van der Waals surface area (Å²) in [5.41, 5.74) is 0. The summed E-state index contributed by atoms with van der Waals surface area (Å²) in [7, 11) is 7.48. The van der Waals surface area contributed by atoms with Crippen molar-refractivity contribution in [3.63, 3.8) is 0 Å². The maximum atomic E-state index is 11.5. The number of rotatable bonds is 16. The second-order valence-corrected chi connectivity index (χ2v) is 9.47. The first kappa shape index (κ1) is 29.9. The molecular formula is C19H40BN2O4S2. The minimum Gasteiger partial charge on any atom is -0.447 e. The van der Waals surface area contributed by atoms with Crippen molar-refractivity contribution in [1.82, 2.24) is 10.6 Å². The molecular weight excluding hydrogens is 395 g/mol. The first-order valence-corrected chi connectivity index (χ1v) is 12.2. The van der Waals surface area contributed by atoms with Crippen molar-refractivity contribution >= 4 is 35.0 Å². The minimum absolute atomic E-state index is 0.156. The highest BCUT2D eigenvalue weighted by Crippen LogP contribution is 2.34. The highest BCUT2D eigenvalue weighted by Gasteiger charge is 2.17. The molecule has 0 fully saturated rings. The van der Waals surface area contributed by atoms with Crippen LogP contribution in [0.4, 0.5) is 4.79 Å². The van der Waals surface area contributed by atoms with E-state index in [4.69, 9.17) is 14.2 Å². The molecule has 0 aromatic heterocycles. The fourth-order valence-electron chi connectivity index (χ4n) is 1.71. The van der Waals surface area contributed by atoms with E-state index in [-0.39, 0.29) is 11.4 Å². The standard InChI is InChI=1S/C17H34BN2O4S2.C2H6/c1-15(2)18-7-6-9-22-10-8-20-16(21)24-12-11-23-14-25-26-17(3,4)13-19-5;1-2/h6-7,15,19H,8-14H2,1-5H3,(H,20,21);1-2H3/b7-6+;. The van der Waals surface area contributed by atoms with Gasteiger partial charge in [-0.05, 0) is 20.9 Å². The second-order valence-electron chi connectivity index (χ2n) is 6.52. The van der Waals surface area contributed by atoms with Crippen LogP contribution in [0, 0.1) is 0 Å². The van der Waals surface area contributed by atoms with Crippen LogP contribution < -0.4 is 10.6 Å². The fourth-order valence-corrected chi connectivity index (χ4v) is 3.95. The molecule has 0 aromatic carbocycles. The number of ether oxygens (including phenoxy) is 3. The van der Waals surface area contributed by atoms with Gasteiger partial charge in [0, 0.05) is 17.8 Å². The van der Waals surface area contributed by atoms with Crippen molar-refractivity contribution in [2.75, 3.05) is 52.5 Å². The maximum absolute atomic E-state index is 11.5. The molecule has 0 aromatic rings. The van der Waals surface area contributed by atoms with E-state index in [2.05, 4.69) is 45.6 Å². The molecule has 2 N–H and O–H groups in total. The Balaban J connectivity index is 0. The van der Waals surface area contributed by atoms with Gasteiger partial charge in [0.05, 0.1) is 19.8 Å². The van der Waals surface area contributed by atoms with Crippen molar-refractivity contribution in [2.24, 2.45) is 0 Å². The third kappa shape index (κ3) is 23.7. The molecule has 0 saturated carbocycles. The Morgan fingerprint density at radius 3 is 2.54 bits per heavy atom. The first-order chi connectivity index (χ1) is 13.4. The predicted molar refractivity (Wildman–Crippen MR) is 126 cm³/mol. The molecule has 0 rings (SSSR count). The van der Waals surface area contributed by atoms with Gasteiger partial charge >= 0.3 is 6.09 Å². The van der Waals surface area contributed by atoms with Crippen LogP contribution in [0.3, 0.4) is 0 Å². The summed E-state index contributed by atoms with van der Waals surface area (Å²) in [6.07, 6.45) is 1.50. The van der Waals surface area contributed by atoms with Gasteiger partial charge in [-0.1, -0.05) is 61.2 Å². The van der Waals surface area contributed by atoms with Gasteiger partial charge in [-0.2, -0.15) is 0 Å². The Kier molecular flexibility index (Phi) is 22.8. The lowest BCUT2D eigenvalue weighted by atomic mass is 9.66. The fraction of sp³-hybridized carbons (Fsp3) is 0.842. The zero-order chi connectivity index (χ0) is 21.7. The quantitative estimate of drug-likeness (QED) is 0.163. The normalized spacial score (nSPS) is 11.3. The molecule has 0 unspecified atom stereocenters. The van der Waals surface area contributed by atoms with Crippen LogP contribution in [0.1, 0.15) is 41.5 Å². The van der Waals surface area contributed by atoms with Crippen LogP contribution in [-0.4, -0.2) is 70.6 Å². The van der Waals surface area contributed by atoms with E-state index in [1.165, 1.54) is 0 Å². The Hall–Kier alpha value is -0.345. The van der Waals surface area contributed by atoms with Crippen molar-refractivity contribution in [3.05, 3.63) is 12.1 Å². The van der Waals surface area contributed by atoms with Crippen LogP contribution in [0.2, 0.25) is 5.82 Å². The largest absolute Gasteiger partial charge is 0.447 e. The zero-order valence-electron chi connectivity index (χ0n) is 18.7. The predicted octanol–water partition coefficient (Wildman–Crippen LogP) is 4.16. The first-order valence-electron chi connectivity index (χ1n) is 9.88. The molecule has 0 atom stereocenters. The monoisotopic (exact) mass is 435 g/mol. The lowest BCUT2D eigenvalue weighted by Gasteiger charge is -2.22. The van der Waals surface area contributed by atoms with Gasteiger partial charge in [0.1, 0.15) is 19.8 Å². The molecule has 1 radical (unpaired) electrons. The molecule has 9 heteroatoms. The highest BCUT2D eigenvalue weighted by atomic mass is 33.1. The van der Waals surface area contributed by atoms with Crippen LogP contribution >= 0.6 is 21.6 Å². The van der Waals surface area contributed by atoms with Crippen LogP contribution in [0.15, 0.2) is 12.1 Å². The van der Waals surface area contributed by atoms with Crippen molar-refractivity contribution in [3.8, 4) is 0 Å². The van der Waals surface area contributed by atoms with Gasteiger partial charge in [0.2, 0.25) is 0 Å². The van der Waals surface area contributed by atoms with Gasteiger partial charge in [-0.25, -0.2) is 4.79 Å². The molecule has 0 aliphatic carbocycles. The summed E-state index contributed by atoms with van der Waals surface area (Å²) in [6, 6.07) is 0. The second kappa shape index (κ2) is 21.4. The Bertz CT molecular complexity index is 387. The summed E-state index contributed by atoms with van der Waals surface area (Å²) in [4.78, 5) is 11.5. The zero-order valence-corrected chi connectivity index (χ0v) is 20.3. The smallest absolute Gasteiger partial charge is 0.407 e. The summed E-state index contributed by atoms with van der Waals surface area (Å²) < 4.78 is 16.0. The minimum atomic E-state index is -0.446. The molecule has 0 aliphatic heterocycles. The summed E-state index contributed by atoms with van der Waals surface area (Å²) in [6.45, 7) is 15.6. The van der Waals surface area contributed by atoms with Gasteiger partial charge in [-0.3, -0.25) is 0 Å². The number of hydrogen-bond acceptors (Lipinski definition) is 7. The topological polar surface area (TPSA) is 68.8 Å². The van der Waals surface area contributed by atoms with E-state index in [0.717, 1.165) is 6.54 Å². The van der Waals surface area contributed by atoms with Crippen LogP contribution in [-0.2, 0) is 14.2 Å². The van der Waals surface area contributed by atoms with Crippen LogP contribution in [0.5, 0.6) is 0 Å². The van der Waals surface area contributed by atoms with Gasteiger partial charge in [0.25, 0.3) is 0 Å². The molecule has 0 spiro atoms. The molecule has 1 amide bonds. The third-order valence-electron chi connectivity index (χ3n) is 2.84. The number of nitrogens with one attached hydrogen (secondary N) is 2. The van der Waals surface area contributed by atoms with Crippen molar-refractivity contribution in [1.29, 1.82) is 0 Å². The highest BCUT2D eigenvalue weighted by molar-refractivity contribution is 8.77. The summed E-state index contributed by atoms with van der Waals surface area (Å²) in [5.74, 6) is 3.10. The van der Waals surface area contributed by atoms with Gasteiger partial charge in [0.15, 0.2) is 0 Å². The van der Waals surface area contributed by atoms with Gasteiger partial charge in [-0.15, -0.1) is 5.98 Å². The lowest BCUT2D eigenvalue weighted by Crippen LogP contribution is -2.29. The van der Waals surface area contributed by atoms with E-state index in [0.29, 0.717) is 38.1 Å². The molecule has 165 valence electrons. The number of alkyl carbamates (subject to hydrolysis) is 1. The van der Waals surface area contributed by atoms with E-state index in [1.54, 1.807) is 21.6 Å². The van der Waals surface area contributed by atoms with E-state index >= 15 is 0 Å². The SMILES string of the molecule is CC.CNCC(C)(C)SSCOCCOC(=O)NCCOC/C=C/[B]C(C)C. The maximum Gasteiger partial charge on any atom is 0.407 e. The van der Waals surface area contributed by atoms with E-state index in [9.17, 15) is 4.79 Å². The number of amides is 1. The van der Waals surface area contributed by atoms with Crippen molar-refractivity contribution in [2.45, 2.75) is 52.1 Å². The molecule has 0 bridgehead atoms. The number of carbonyl (C=O) groups is 1.